The van der Waals surface area contributed by atoms with Crippen molar-refractivity contribution in [1.29, 1.82) is 0 Å². The molecule has 100 valence electrons. The summed E-state index contributed by atoms with van der Waals surface area (Å²) in [5, 5.41) is 2.76. The predicted molar refractivity (Wildman–Crippen MR) is 74.4 cm³/mol. The van der Waals surface area contributed by atoms with E-state index < -0.39 is 5.60 Å². The van der Waals surface area contributed by atoms with Crippen molar-refractivity contribution in [3.8, 4) is 0 Å². The number of hydrogen-bond acceptors (Lipinski definition) is 3. The highest BCUT2D eigenvalue weighted by atomic mass is 32.2. The molecule has 0 aromatic heterocycles. The third-order valence-electron chi connectivity index (χ3n) is 2.08. The molecule has 1 aromatic carbocycles. The largest absolute Gasteiger partial charge is 0.338 e. The Balaban J connectivity index is 2.43. The minimum Gasteiger partial charge on any atom is -0.332 e. The third kappa shape index (κ3) is 5.42. The van der Waals surface area contributed by atoms with Crippen molar-refractivity contribution >= 4 is 17.8 Å². The standard InChI is InChI=1S/C13H20N2O2S/c1-13(2,3)17-15-12(16)14-9-10-7-5-6-8-11(10)18-4/h5-8H,9H2,1-4H3,(H2,14,15,16). The number of urea groups is 1. The number of carbonyl (C=O) groups excluding carboxylic acids is 1. The van der Waals surface area contributed by atoms with Gasteiger partial charge in [-0.05, 0) is 38.7 Å². The van der Waals surface area contributed by atoms with E-state index in [9.17, 15) is 4.79 Å². The smallest absolute Gasteiger partial charge is 0.332 e. The van der Waals surface area contributed by atoms with Crippen molar-refractivity contribution in [2.75, 3.05) is 6.26 Å². The summed E-state index contributed by atoms with van der Waals surface area (Å²) >= 11 is 1.66. The number of carbonyl (C=O) groups is 1. The quantitative estimate of drug-likeness (QED) is 0.652. The normalized spacial score (nSPS) is 11.1. The van der Waals surface area contributed by atoms with Crippen molar-refractivity contribution in [2.24, 2.45) is 0 Å². The first kappa shape index (κ1) is 14.9. The van der Waals surface area contributed by atoms with E-state index in [-0.39, 0.29) is 6.03 Å². The number of thioether (sulfide) groups is 1. The number of amides is 2. The molecule has 0 fully saturated rings. The maximum Gasteiger partial charge on any atom is 0.338 e. The van der Waals surface area contributed by atoms with Gasteiger partial charge in [0.15, 0.2) is 0 Å². The fraction of sp³-hybridized carbons (Fsp3) is 0.462. The molecule has 18 heavy (non-hydrogen) atoms. The van der Waals surface area contributed by atoms with Crippen LogP contribution in [0.1, 0.15) is 26.3 Å². The monoisotopic (exact) mass is 268 g/mol. The molecule has 1 aromatic rings. The van der Waals surface area contributed by atoms with Crippen LogP contribution in [0.2, 0.25) is 0 Å². The van der Waals surface area contributed by atoms with Crippen LogP contribution < -0.4 is 10.8 Å². The molecule has 2 N–H and O–H groups in total. The van der Waals surface area contributed by atoms with Crippen molar-refractivity contribution in [1.82, 2.24) is 10.8 Å². The molecule has 5 heteroatoms. The van der Waals surface area contributed by atoms with E-state index in [2.05, 4.69) is 10.8 Å². The van der Waals surface area contributed by atoms with Gasteiger partial charge >= 0.3 is 6.03 Å². The number of rotatable bonds is 4. The lowest BCUT2D eigenvalue weighted by molar-refractivity contribution is -0.0529. The first-order valence-corrected chi connectivity index (χ1v) is 6.98. The molecule has 0 unspecified atom stereocenters. The SMILES string of the molecule is CSc1ccccc1CNC(=O)NOC(C)(C)C. The first-order chi connectivity index (χ1) is 8.42. The van der Waals surface area contributed by atoms with Crippen LogP contribution in [0.4, 0.5) is 4.79 Å². The summed E-state index contributed by atoms with van der Waals surface area (Å²) in [5.41, 5.74) is 3.07. The van der Waals surface area contributed by atoms with Gasteiger partial charge in [-0.3, -0.25) is 4.84 Å². The zero-order chi connectivity index (χ0) is 13.6. The van der Waals surface area contributed by atoms with Crippen molar-refractivity contribution in [3.05, 3.63) is 29.8 Å². The van der Waals surface area contributed by atoms with Crippen molar-refractivity contribution in [2.45, 2.75) is 37.8 Å². The molecule has 0 heterocycles. The molecule has 0 spiro atoms. The maximum absolute atomic E-state index is 11.5. The highest BCUT2D eigenvalue weighted by Crippen LogP contribution is 2.19. The molecule has 0 atom stereocenters. The number of hydroxylamine groups is 1. The molecule has 4 nitrogen and oxygen atoms in total. The zero-order valence-electron chi connectivity index (χ0n) is 11.2. The second-order valence-corrected chi connectivity index (χ2v) is 5.66. The Morgan fingerprint density at radius 2 is 2.00 bits per heavy atom. The molecule has 0 saturated carbocycles. The Hall–Kier alpha value is -1.20. The van der Waals surface area contributed by atoms with Crippen LogP contribution in [-0.2, 0) is 11.4 Å². The Bertz CT molecular complexity index is 402. The van der Waals surface area contributed by atoms with E-state index in [0.29, 0.717) is 6.54 Å². The van der Waals surface area contributed by atoms with Crippen LogP contribution in [-0.4, -0.2) is 17.9 Å². The van der Waals surface area contributed by atoms with Gasteiger partial charge in [-0.1, -0.05) is 18.2 Å². The fourth-order valence-corrected chi connectivity index (χ4v) is 1.88. The molecule has 0 aliphatic heterocycles. The first-order valence-electron chi connectivity index (χ1n) is 5.76. The number of benzene rings is 1. The minimum absolute atomic E-state index is 0.333. The van der Waals surface area contributed by atoms with Gasteiger partial charge in [0.05, 0.1) is 5.60 Å². The third-order valence-corrected chi connectivity index (χ3v) is 2.92. The number of hydrogen-bond donors (Lipinski definition) is 2. The van der Waals surface area contributed by atoms with Gasteiger partial charge in [0.2, 0.25) is 0 Å². The van der Waals surface area contributed by atoms with Gasteiger partial charge in [-0.25, -0.2) is 10.3 Å². The van der Waals surface area contributed by atoms with Gasteiger partial charge in [-0.15, -0.1) is 11.8 Å². The van der Waals surface area contributed by atoms with Crippen molar-refractivity contribution < 1.29 is 9.63 Å². The highest BCUT2D eigenvalue weighted by molar-refractivity contribution is 7.98. The maximum atomic E-state index is 11.5. The molecule has 0 bridgehead atoms. The zero-order valence-corrected chi connectivity index (χ0v) is 12.1. The average molecular weight is 268 g/mol. The molecule has 0 radical (unpaired) electrons. The van der Waals surface area contributed by atoms with Crippen LogP contribution in [0.15, 0.2) is 29.2 Å². The Morgan fingerprint density at radius 3 is 2.61 bits per heavy atom. The van der Waals surface area contributed by atoms with E-state index in [4.69, 9.17) is 4.84 Å². The number of nitrogens with one attached hydrogen (secondary N) is 2. The molecule has 0 aliphatic rings. The summed E-state index contributed by atoms with van der Waals surface area (Å²) in [6, 6.07) is 7.64. The second-order valence-electron chi connectivity index (χ2n) is 4.81. The predicted octanol–water partition coefficient (Wildman–Crippen LogP) is 2.94. The molecule has 0 saturated heterocycles. The Morgan fingerprint density at radius 1 is 1.33 bits per heavy atom. The van der Waals surface area contributed by atoms with E-state index in [1.807, 2.05) is 51.3 Å². The summed E-state index contributed by atoms with van der Waals surface area (Å²) < 4.78 is 0. The molecule has 2 amide bonds. The van der Waals surface area contributed by atoms with Crippen LogP contribution in [0, 0.1) is 0 Å². The summed E-state index contributed by atoms with van der Waals surface area (Å²) in [6.07, 6.45) is 2.02. The van der Waals surface area contributed by atoms with Gasteiger partial charge in [0.25, 0.3) is 0 Å². The summed E-state index contributed by atoms with van der Waals surface area (Å²) in [6.45, 7) is 6.10. The minimum atomic E-state index is -0.394. The lowest BCUT2D eigenvalue weighted by atomic mass is 10.2. The van der Waals surface area contributed by atoms with E-state index in [0.717, 1.165) is 10.5 Å². The Kier molecular flexibility index (Phi) is 5.50. The van der Waals surface area contributed by atoms with Crippen LogP contribution in [0.5, 0.6) is 0 Å². The summed E-state index contributed by atoms with van der Waals surface area (Å²) in [5.74, 6) is 0. The lowest BCUT2D eigenvalue weighted by Gasteiger charge is -2.19. The molecular formula is C13H20N2O2S. The highest BCUT2D eigenvalue weighted by Gasteiger charge is 2.12. The van der Waals surface area contributed by atoms with E-state index in [1.54, 1.807) is 11.8 Å². The second kappa shape index (κ2) is 6.66. The van der Waals surface area contributed by atoms with E-state index >= 15 is 0 Å². The van der Waals surface area contributed by atoms with Crippen LogP contribution in [0.3, 0.4) is 0 Å². The van der Waals surface area contributed by atoms with Gasteiger partial charge in [0, 0.05) is 11.4 Å². The van der Waals surface area contributed by atoms with Crippen LogP contribution >= 0.6 is 11.8 Å². The van der Waals surface area contributed by atoms with Gasteiger partial charge in [0.1, 0.15) is 0 Å². The molecule has 1 rings (SSSR count). The fourth-order valence-electron chi connectivity index (χ4n) is 1.26. The average Bonchev–Trinajstić information content (AvgIpc) is 2.33. The van der Waals surface area contributed by atoms with Gasteiger partial charge in [-0.2, -0.15) is 0 Å². The van der Waals surface area contributed by atoms with Gasteiger partial charge < -0.3 is 5.32 Å². The van der Waals surface area contributed by atoms with E-state index in [1.165, 1.54) is 0 Å². The summed E-state index contributed by atoms with van der Waals surface area (Å²) in [4.78, 5) is 17.8. The van der Waals surface area contributed by atoms with Crippen LogP contribution in [0.25, 0.3) is 0 Å². The molecule has 0 aliphatic carbocycles. The van der Waals surface area contributed by atoms with Crippen molar-refractivity contribution in [3.63, 3.8) is 0 Å². The molecular weight excluding hydrogens is 248 g/mol. The Labute approximate surface area is 112 Å². The lowest BCUT2D eigenvalue weighted by Crippen LogP contribution is -2.40. The topological polar surface area (TPSA) is 50.4 Å². The summed E-state index contributed by atoms with van der Waals surface area (Å²) in [7, 11) is 0.